The maximum Gasteiger partial charge on any atom is 0.311 e. The largest absolute Gasteiger partial charge is 0.335 e. The van der Waals surface area contributed by atoms with Gasteiger partial charge in [0.25, 0.3) is 0 Å². The Kier molecular flexibility index (Phi) is 5.84. The monoisotopic (exact) mass is 255 g/mol. The van der Waals surface area contributed by atoms with Crippen LogP contribution in [-0.2, 0) is 9.59 Å². The summed E-state index contributed by atoms with van der Waals surface area (Å²) in [5.41, 5.74) is 0. The number of nitrogens with one attached hydrogen (secondary N) is 1. The van der Waals surface area contributed by atoms with Gasteiger partial charge < -0.3 is 10.2 Å². The maximum absolute atomic E-state index is 11.7. The van der Waals surface area contributed by atoms with Crippen molar-refractivity contribution in [2.45, 2.75) is 24.5 Å². The molecule has 1 fully saturated rings. The molecule has 0 bridgehead atoms. The first-order chi connectivity index (χ1) is 8.19. The number of nitrogens with zero attached hydrogens (tertiary/aromatic N) is 2. The van der Waals surface area contributed by atoms with Gasteiger partial charge in [-0.25, -0.2) is 0 Å². The summed E-state index contributed by atoms with van der Waals surface area (Å²) in [7, 11) is 0. The minimum atomic E-state index is -0.672. The first-order valence-electron chi connectivity index (χ1n) is 5.66. The Balaban J connectivity index is 2.47. The Morgan fingerprint density at radius 2 is 2.24 bits per heavy atom. The minimum absolute atomic E-state index is 0.119. The fraction of sp³-hybridized carbons (Fsp3) is 0.727. The van der Waals surface area contributed by atoms with Gasteiger partial charge in [0.2, 0.25) is 0 Å². The van der Waals surface area contributed by atoms with Crippen molar-refractivity contribution in [1.29, 1.82) is 5.26 Å². The highest BCUT2D eigenvalue weighted by atomic mass is 32.2. The fourth-order valence-electron chi connectivity index (χ4n) is 1.84. The van der Waals surface area contributed by atoms with Crippen molar-refractivity contribution < 1.29 is 9.59 Å². The smallest absolute Gasteiger partial charge is 0.311 e. The second kappa shape index (κ2) is 7.17. The van der Waals surface area contributed by atoms with Crippen LogP contribution < -0.4 is 5.32 Å². The molecule has 5 nitrogen and oxygen atoms in total. The normalized spacial score (nSPS) is 20.2. The molecule has 0 spiro atoms. The van der Waals surface area contributed by atoms with Gasteiger partial charge >= 0.3 is 11.8 Å². The average Bonchev–Trinajstić information content (AvgIpc) is 2.60. The maximum atomic E-state index is 11.7. The number of amides is 2. The van der Waals surface area contributed by atoms with Gasteiger partial charge in [0.1, 0.15) is 6.54 Å². The molecule has 0 radical (unpaired) electrons. The van der Waals surface area contributed by atoms with Crippen LogP contribution in [0.3, 0.4) is 0 Å². The molecular weight excluding hydrogens is 238 g/mol. The summed E-state index contributed by atoms with van der Waals surface area (Å²) in [4.78, 5) is 24.7. The number of hydrogen-bond acceptors (Lipinski definition) is 4. The lowest BCUT2D eigenvalue weighted by Gasteiger charge is -2.19. The molecule has 1 rings (SSSR count). The van der Waals surface area contributed by atoms with Crippen LogP contribution in [0.4, 0.5) is 0 Å². The van der Waals surface area contributed by atoms with Crippen LogP contribution in [-0.4, -0.2) is 47.9 Å². The van der Waals surface area contributed by atoms with Crippen LogP contribution in [0, 0.1) is 11.3 Å². The number of nitriles is 1. The zero-order valence-electron chi connectivity index (χ0n) is 9.94. The van der Waals surface area contributed by atoms with Crippen molar-refractivity contribution in [3.63, 3.8) is 0 Å². The van der Waals surface area contributed by atoms with E-state index in [0.29, 0.717) is 18.3 Å². The molecule has 94 valence electrons. The summed E-state index contributed by atoms with van der Waals surface area (Å²) in [5.74, 6) is -1.18. The Labute approximate surface area is 106 Å². The predicted molar refractivity (Wildman–Crippen MR) is 66.4 cm³/mol. The topological polar surface area (TPSA) is 73.2 Å². The molecule has 1 aliphatic heterocycles. The highest BCUT2D eigenvalue weighted by Gasteiger charge is 2.24. The van der Waals surface area contributed by atoms with E-state index in [4.69, 9.17) is 5.26 Å². The van der Waals surface area contributed by atoms with E-state index in [9.17, 15) is 9.59 Å². The fourth-order valence-corrected chi connectivity index (χ4v) is 2.59. The van der Waals surface area contributed by atoms with Gasteiger partial charge in [0.05, 0.1) is 6.07 Å². The lowest BCUT2D eigenvalue weighted by atomic mass is 10.2. The molecule has 6 heteroatoms. The average molecular weight is 255 g/mol. The summed E-state index contributed by atoms with van der Waals surface area (Å²) in [6, 6.07) is 1.78. The zero-order valence-corrected chi connectivity index (χ0v) is 10.8. The van der Waals surface area contributed by atoms with Crippen molar-refractivity contribution in [2.75, 3.05) is 25.9 Å². The van der Waals surface area contributed by atoms with Gasteiger partial charge in [-0.15, -0.1) is 0 Å². The second-order valence-corrected chi connectivity index (χ2v) is 5.06. The summed E-state index contributed by atoms with van der Waals surface area (Å²) in [6.07, 6.45) is 5.02. The van der Waals surface area contributed by atoms with E-state index in [2.05, 4.69) is 11.6 Å². The van der Waals surface area contributed by atoms with E-state index in [-0.39, 0.29) is 6.54 Å². The van der Waals surface area contributed by atoms with E-state index in [0.717, 1.165) is 19.3 Å². The molecule has 1 heterocycles. The zero-order chi connectivity index (χ0) is 12.7. The van der Waals surface area contributed by atoms with E-state index >= 15 is 0 Å². The minimum Gasteiger partial charge on any atom is -0.335 e. The van der Waals surface area contributed by atoms with Crippen molar-refractivity contribution in [1.82, 2.24) is 10.2 Å². The summed E-state index contributed by atoms with van der Waals surface area (Å²) in [6.45, 7) is 1.14. The highest BCUT2D eigenvalue weighted by molar-refractivity contribution is 7.99. The van der Waals surface area contributed by atoms with Gasteiger partial charge in [-0.3, -0.25) is 9.59 Å². The number of carbonyl (C=O) groups is 2. The molecule has 1 N–H and O–H groups in total. The molecule has 0 aromatic heterocycles. The Morgan fingerprint density at radius 3 is 2.88 bits per heavy atom. The number of carbonyl (C=O) groups excluding carboxylic acids is 2. The Morgan fingerprint density at radius 1 is 1.47 bits per heavy atom. The van der Waals surface area contributed by atoms with Crippen LogP contribution >= 0.6 is 11.8 Å². The number of likely N-dealkylation sites (tertiary alicyclic amines) is 1. The van der Waals surface area contributed by atoms with E-state index in [1.54, 1.807) is 11.0 Å². The van der Waals surface area contributed by atoms with Crippen LogP contribution in [0.25, 0.3) is 0 Å². The summed E-state index contributed by atoms with van der Waals surface area (Å²) >= 11 is 1.81. The third-order valence-electron chi connectivity index (χ3n) is 2.82. The van der Waals surface area contributed by atoms with Crippen LogP contribution in [0.15, 0.2) is 0 Å². The molecule has 1 saturated heterocycles. The quantitative estimate of drug-likeness (QED) is 0.571. The Bertz CT molecular complexity index is 327. The van der Waals surface area contributed by atoms with Crippen LogP contribution in [0.5, 0.6) is 0 Å². The van der Waals surface area contributed by atoms with Crippen molar-refractivity contribution in [3.8, 4) is 6.07 Å². The highest BCUT2D eigenvalue weighted by Crippen LogP contribution is 2.21. The number of thioether (sulfide) groups is 1. The standard InChI is InChI=1S/C11H17N3O2S/c1-17-9-3-2-7-14(8-4-9)11(16)10(15)13-6-5-12/h9H,2-4,6-8H2,1H3,(H,13,15). The molecule has 0 aromatic carbocycles. The Hall–Kier alpha value is -1.22. The van der Waals surface area contributed by atoms with Gasteiger partial charge in [-0.1, -0.05) is 0 Å². The third kappa shape index (κ3) is 4.27. The summed E-state index contributed by atoms with van der Waals surface area (Å²) in [5, 5.41) is 11.2. The first kappa shape index (κ1) is 13.8. The lowest BCUT2D eigenvalue weighted by molar-refractivity contribution is -0.145. The van der Waals surface area contributed by atoms with Gasteiger partial charge in [-0.2, -0.15) is 17.0 Å². The van der Waals surface area contributed by atoms with Crippen LogP contribution in [0.1, 0.15) is 19.3 Å². The van der Waals surface area contributed by atoms with E-state index in [1.807, 2.05) is 11.8 Å². The second-order valence-electron chi connectivity index (χ2n) is 3.92. The molecular formula is C11H17N3O2S. The SMILES string of the molecule is CSC1CCCN(C(=O)C(=O)NCC#N)CC1. The number of rotatable bonds is 2. The van der Waals surface area contributed by atoms with Gasteiger partial charge in [0.15, 0.2) is 0 Å². The van der Waals surface area contributed by atoms with Gasteiger partial charge in [0, 0.05) is 18.3 Å². The molecule has 0 aliphatic carbocycles. The molecule has 17 heavy (non-hydrogen) atoms. The summed E-state index contributed by atoms with van der Waals surface area (Å²) < 4.78 is 0. The van der Waals surface area contributed by atoms with Gasteiger partial charge in [-0.05, 0) is 25.5 Å². The lowest BCUT2D eigenvalue weighted by Crippen LogP contribution is -2.43. The first-order valence-corrected chi connectivity index (χ1v) is 6.94. The molecule has 1 unspecified atom stereocenters. The van der Waals surface area contributed by atoms with Crippen molar-refractivity contribution >= 4 is 23.6 Å². The molecule has 0 aromatic rings. The van der Waals surface area contributed by atoms with E-state index < -0.39 is 11.8 Å². The van der Waals surface area contributed by atoms with Crippen LogP contribution in [0.2, 0.25) is 0 Å². The molecule has 0 saturated carbocycles. The predicted octanol–water partition coefficient (Wildman–Crippen LogP) is 0.370. The van der Waals surface area contributed by atoms with Crippen molar-refractivity contribution in [2.24, 2.45) is 0 Å². The van der Waals surface area contributed by atoms with Crippen molar-refractivity contribution in [3.05, 3.63) is 0 Å². The molecule has 1 atom stereocenters. The van der Waals surface area contributed by atoms with E-state index in [1.165, 1.54) is 0 Å². The number of hydrogen-bond donors (Lipinski definition) is 1. The third-order valence-corrected chi connectivity index (χ3v) is 3.96. The molecule has 1 aliphatic rings. The molecule has 2 amide bonds.